The van der Waals surface area contributed by atoms with E-state index >= 15 is 0 Å². The lowest BCUT2D eigenvalue weighted by Gasteiger charge is -2.09. The van der Waals surface area contributed by atoms with Gasteiger partial charge in [0.2, 0.25) is 5.88 Å². The number of nitrogen functional groups attached to an aromatic ring is 1. The summed E-state index contributed by atoms with van der Waals surface area (Å²) in [7, 11) is 1.56. The first-order valence-corrected chi connectivity index (χ1v) is 6.27. The van der Waals surface area contributed by atoms with Crippen molar-refractivity contribution in [3.8, 4) is 11.6 Å². The number of methoxy groups -OCH3 is 1. The van der Waals surface area contributed by atoms with Gasteiger partial charge < -0.3 is 14.9 Å². The van der Waals surface area contributed by atoms with Gasteiger partial charge in [-0.25, -0.2) is 10.8 Å². The molecule has 1 aromatic heterocycles. The number of hydrazine groups is 1. The largest absolute Gasteiger partial charge is 0.439 e. The zero-order valence-corrected chi connectivity index (χ0v) is 11.9. The molecule has 1 heterocycles. The first-order valence-electron chi connectivity index (χ1n) is 5.90. The number of aryl methyl sites for hydroxylation is 1. The minimum Gasteiger partial charge on any atom is -0.439 e. The van der Waals surface area contributed by atoms with E-state index in [9.17, 15) is 0 Å². The predicted octanol–water partition coefficient (Wildman–Crippen LogP) is 2.66. The topological polar surface area (TPSA) is 82.3 Å². The van der Waals surface area contributed by atoms with Gasteiger partial charge in [0.1, 0.15) is 18.2 Å². The molecule has 0 saturated heterocycles. The summed E-state index contributed by atoms with van der Waals surface area (Å²) in [5.74, 6) is 7.31. The van der Waals surface area contributed by atoms with Crippen LogP contribution in [0.25, 0.3) is 0 Å². The minimum atomic E-state index is 0.269. The fourth-order valence-electron chi connectivity index (χ4n) is 1.59. The fourth-order valence-corrected chi connectivity index (χ4v) is 1.71. The molecule has 0 bridgehead atoms. The first kappa shape index (κ1) is 14.5. The van der Waals surface area contributed by atoms with Crippen molar-refractivity contribution in [2.24, 2.45) is 5.84 Å². The Labute approximate surface area is 121 Å². The third kappa shape index (κ3) is 3.57. The Hall–Kier alpha value is -1.89. The summed E-state index contributed by atoms with van der Waals surface area (Å²) < 4.78 is 10.7. The maximum absolute atomic E-state index is 5.97. The van der Waals surface area contributed by atoms with Crippen LogP contribution in [-0.2, 0) is 11.3 Å². The Morgan fingerprint density at radius 2 is 2.10 bits per heavy atom. The monoisotopic (exact) mass is 294 g/mol. The zero-order chi connectivity index (χ0) is 14.5. The van der Waals surface area contributed by atoms with Crippen molar-refractivity contribution in [2.45, 2.75) is 13.5 Å². The van der Waals surface area contributed by atoms with Crippen LogP contribution in [0.2, 0.25) is 5.02 Å². The molecule has 0 atom stereocenters. The van der Waals surface area contributed by atoms with E-state index in [1.165, 1.54) is 0 Å². The van der Waals surface area contributed by atoms with Crippen LogP contribution < -0.4 is 16.0 Å². The number of aromatic nitrogens is 2. The highest BCUT2D eigenvalue weighted by Crippen LogP contribution is 2.25. The molecule has 3 N–H and O–H groups in total. The second-order valence-corrected chi connectivity index (χ2v) is 4.51. The van der Waals surface area contributed by atoms with E-state index in [1.54, 1.807) is 25.3 Å². The lowest BCUT2D eigenvalue weighted by atomic mass is 10.2. The number of hydrogen-bond donors (Lipinski definition) is 2. The molecular formula is C13H15ClN4O2. The quantitative estimate of drug-likeness (QED) is 0.652. The van der Waals surface area contributed by atoms with Crippen LogP contribution >= 0.6 is 11.6 Å². The zero-order valence-electron chi connectivity index (χ0n) is 11.2. The summed E-state index contributed by atoms with van der Waals surface area (Å²) in [4.78, 5) is 8.37. The Bertz CT molecular complexity index is 607. The Morgan fingerprint density at radius 1 is 1.30 bits per heavy atom. The summed E-state index contributed by atoms with van der Waals surface area (Å²) in [5, 5.41) is 0.685. The van der Waals surface area contributed by atoms with Crippen molar-refractivity contribution in [3.05, 3.63) is 40.7 Å². The van der Waals surface area contributed by atoms with Gasteiger partial charge in [0.15, 0.2) is 5.82 Å². The van der Waals surface area contributed by atoms with Gasteiger partial charge in [-0.1, -0.05) is 11.6 Å². The van der Waals surface area contributed by atoms with Crippen LogP contribution in [0.15, 0.2) is 24.3 Å². The lowest BCUT2D eigenvalue weighted by molar-refractivity contribution is 0.177. The van der Waals surface area contributed by atoms with Crippen LogP contribution in [0.4, 0.5) is 5.82 Å². The lowest BCUT2D eigenvalue weighted by Crippen LogP contribution is -2.11. The van der Waals surface area contributed by atoms with Crippen molar-refractivity contribution < 1.29 is 9.47 Å². The van der Waals surface area contributed by atoms with Crippen molar-refractivity contribution in [1.82, 2.24) is 9.97 Å². The van der Waals surface area contributed by atoms with E-state index in [2.05, 4.69) is 15.4 Å². The highest BCUT2D eigenvalue weighted by Gasteiger charge is 2.07. The first-order chi connectivity index (χ1) is 9.62. The predicted molar refractivity (Wildman–Crippen MR) is 76.8 cm³/mol. The molecule has 0 fully saturated rings. The Kier molecular flexibility index (Phi) is 4.73. The van der Waals surface area contributed by atoms with Gasteiger partial charge in [-0.2, -0.15) is 4.98 Å². The van der Waals surface area contributed by atoms with Gasteiger partial charge in [-0.3, -0.25) is 0 Å². The number of hydrogen-bond acceptors (Lipinski definition) is 6. The van der Waals surface area contributed by atoms with Gasteiger partial charge in [0, 0.05) is 18.2 Å². The summed E-state index contributed by atoms with van der Waals surface area (Å²) >= 11 is 5.97. The Morgan fingerprint density at radius 3 is 2.75 bits per heavy atom. The van der Waals surface area contributed by atoms with Gasteiger partial charge in [0.25, 0.3) is 0 Å². The van der Waals surface area contributed by atoms with Crippen LogP contribution in [0, 0.1) is 6.92 Å². The fraction of sp³-hybridized carbons (Fsp3) is 0.231. The van der Waals surface area contributed by atoms with Crippen LogP contribution in [0.3, 0.4) is 0 Å². The number of nitrogens with two attached hydrogens (primary N) is 1. The molecule has 0 aliphatic rings. The maximum Gasteiger partial charge on any atom is 0.224 e. The number of nitrogens with zero attached hydrogens (tertiary/aromatic N) is 2. The van der Waals surface area contributed by atoms with Crippen molar-refractivity contribution in [1.29, 1.82) is 0 Å². The van der Waals surface area contributed by atoms with Crippen LogP contribution in [0.1, 0.15) is 11.4 Å². The van der Waals surface area contributed by atoms with Crippen LogP contribution in [0.5, 0.6) is 11.6 Å². The minimum absolute atomic E-state index is 0.269. The molecule has 0 spiro atoms. The van der Waals surface area contributed by atoms with E-state index in [0.717, 1.165) is 5.56 Å². The molecule has 2 rings (SSSR count). The number of anilines is 1. The van der Waals surface area contributed by atoms with E-state index in [0.29, 0.717) is 28.3 Å². The standard InChI is InChI=1S/C13H15ClN4O2/c1-8-5-9(3-4-10(8)14)20-13-6-11(18-15)16-12(17-13)7-19-2/h3-6H,7,15H2,1-2H3,(H,16,17,18). The molecular weight excluding hydrogens is 280 g/mol. The number of rotatable bonds is 5. The molecule has 0 unspecified atom stereocenters. The molecule has 0 amide bonds. The summed E-state index contributed by atoms with van der Waals surface area (Å²) in [6, 6.07) is 6.97. The number of benzene rings is 1. The molecule has 0 saturated carbocycles. The molecule has 0 aliphatic carbocycles. The number of ether oxygens (including phenoxy) is 2. The number of nitrogens with one attached hydrogen (secondary N) is 1. The summed E-state index contributed by atoms with van der Waals surface area (Å²) in [5.41, 5.74) is 3.39. The van der Waals surface area contributed by atoms with E-state index in [1.807, 2.05) is 13.0 Å². The summed E-state index contributed by atoms with van der Waals surface area (Å²) in [6.07, 6.45) is 0. The Balaban J connectivity index is 2.27. The van der Waals surface area contributed by atoms with Crippen molar-refractivity contribution >= 4 is 17.4 Å². The molecule has 0 radical (unpaired) electrons. The average Bonchev–Trinajstić information content (AvgIpc) is 2.43. The molecule has 1 aromatic carbocycles. The molecule has 106 valence electrons. The SMILES string of the molecule is COCc1nc(NN)cc(Oc2ccc(Cl)c(C)c2)n1. The molecule has 20 heavy (non-hydrogen) atoms. The van der Waals surface area contributed by atoms with Gasteiger partial charge in [0.05, 0.1) is 0 Å². The molecule has 6 nitrogen and oxygen atoms in total. The summed E-state index contributed by atoms with van der Waals surface area (Å²) in [6.45, 7) is 2.17. The maximum atomic E-state index is 5.97. The molecule has 7 heteroatoms. The molecule has 2 aromatic rings. The van der Waals surface area contributed by atoms with Crippen LogP contribution in [-0.4, -0.2) is 17.1 Å². The van der Waals surface area contributed by atoms with E-state index < -0.39 is 0 Å². The number of halogens is 1. The third-order valence-corrected chi connectivity index (χ3v) is 2.95. The highest BCUT2D eigenvalue weighted by atomic mass is 35.5. The average molecular weight is 295 g/mol. The highest BCUT2D eigenvalue weighted by molar-refractivity contribution is 6.31. The smallest absolute Gasteiger partial charge is 0.224 e. The van der Waals surface area contributed by atoms with E-state index in [4.69, 9.17) is 26.9 Å². The third-order valence-electron chi connectivity index (χ3n) is 2.52. The van der Waals surface area contributed by atoms with Gasteiger partial charge in [-0.15, -0.1) is 0 Å². The van der Waals surface area contributed by atoms with E-state index in [-0.39, 0.29) is 6.61 Å². The normalized spacial score (nSPS) is 10.4. The van der Waals surface area contributed by atoms with Crippen molar-refractivity contribution in [2.75, 3.05) is 12.5 Å². The molecule has 0 aliphatic heterocycles. The van der Waals surface area contributed by atoms with Gasteiger partial charge >= 0.3 is 0 Å². The second kappa shape index (κ2) is 6.51. The second-order valence-electron chi connectivity index (χ2n) is 4.10. The van der Waals surface area contributed by atoms with Crippen molar-refractivity contribution in [3.63, 3.8) is 0 Å². The van der Waals surface area contributed by atoms with Gasteiger partial charge in [-0.05, 0) is 30.7 Å².